The predicted molar refractivity (Wildman–Crippen MR) is 135 cm³/mol. The van der Waals surface area contributed by atoms with Crippen LogP contribution in [-0.2, 0) is 11.3 Å². The van der Waals surface area contributed by atoms with E-state index >= 15 is 0 Å². The number of carbonyl (C=O) groups excluding carboxylic acids is 1. The van der Waals surface area contributed by atoms with E-state index in [1.165, 1.54) is 14.8 Å². The van der Waals surface area contributed by atoms with E-state index < -0.39 is 0 Å². The first-order valence-corrected chi connectivity index (χ1v) is 12.3. The molecule has 0 aliphatic carbocycles. The number of anilines is 3. The van der Waals surface area contributed by atoms with E-state index in [-0.39, 0.29) is 18.1 Å². The second kappa shape index (κ2) is 9.60. The summed E-state index contributed by atoms with van der Waals surface area (Å²) in [7, 11) is 0. The molecule has 34 heavy (non-hydrogen) atoms. The Balaban J connectivity index is 1.32. The van der Waals surface area contributed by atoms with Gasteiger partial charge < -0.3 is 15.1 Å². The van der Waals surface area contributed by atoms with Crippen molar-refractivity contribution in [2.75, 3.05) is 47.6 Å². The monoisotopic (exact) mass is 475 g/mol. The minimum absolute atomic E-state index is 0.175. The Morgan fingerprint density at radius 1 is 1.03 bits per heavy atom. The van der Waals surface area contributed by atoms with Crippen LogP contribution in [0.1, 0.15) is 0 Å². The highest BCUT2D eigenvalue weighted by atomic mass is 32.2. The van der Waals surface area contributed by atoms with E-state index in [0.29, 0.717) is 17.2 Å². The quantitative estimate of drug-likeness (QED) is 0.429. The van der Waals surface area contributed by atoms with Gasteiger partial charge in [0.1, 0.15) is 6.54 Å². The Labute approximate surface area is 201 Å². The van der Waals surface area contributed by atoms with Crippen molar-refractivity contribution < 1.29 is 4.79 Å². The standard InChI is InChI=1S/C24H25N7O2S/c1-34-20-9-5-6-18(16-20)26-21(32)17-31-24(33)30-11-10-25-22(23(30)27-31)29-14-12-28(13-15-29)19-7-3-2-4-8-19/h2-11,16H,12-15,17H2,1H3,(H,26,32). The van der Waals surface area contributed by atoms with Crippen LogP contribution < -0.4 is 20.8 Å². The number of hydrogen-bond donors (Lipinski definition) is 1. The van der Waals surface area contributed by atoms with Crippen molar-refractivity contribution in [2.24, 2.45) is 0 Å². The van der Waals surface area contributed by atoms with Gasteiger partial charge >= 0.3 is 5.69 Å². The molecule has 1 N–H and O–H groups in total. The zero-order valence-corrected chi connectivity index (χ0v) is 19.6. The molecule has 0 saturated carbocycles. The first-order valence-electron chi connectivity index (χ1n) is 11.1. The van der Waals surface area contributed by atoms with E-state index in [1.807, 2.05) is 48.7 Å². The van der Waals surface area contributed by atoms with E-state index in [9.17, 15) is 9.59 Å². The molecule has 9 nitrogen and oxygen atoms in total. The lowest BCUT2D eigenvalue weighted by atomic mass is 10.2. The summed E-state index contributed by atoms with van der Waals surface area (Å²) < 4.78 is 2.64. The van der Waals surface area contributed by atoms with E-state index in [0.717, 1.165) is 31.1 Å². The van der Waals surface area contributed by atoms with Crippen molar-refractivity contribution in [1.29, 1.82) is 0 Å². The zero-order chi connectivity index (χ0) is 23.5. The van der Waals surface area contributed by atoms with Gasteiger partial charge in [0.15, 0.2) is 5.82 Å². The SMILES string of the molecule is CSc1cccc(NC(=O)Cn2nc3c(N4CCN(c5ccccc5)CC4)nccn3c2=O)c1. The Hall–Kier alpha value is -3.79. The van der Waals surface area contributed by atoms with Gasteiger partial charge in [0, 0.05) is 54.8 Å². The van der Waals surface area contributed by atoms with Gasteiger partial charge in [-0.15, -0.1) is 16.9 Å². The minimum Gasteiger partial charge on any atom is -0.368 e. The van der Waals surface area contributed by atoms with Crippen molar-refractivity contribution >= 4 is 40.5 Å². The topological polar surface area (TPSA) is 87.8 Å². The van der Waals surface area contributed by atoms with Gasteiger partial charge in [0.25, 0.3) is 0 Å². The van der Waals surface area contributed by atoms with Crippen LogP contribution in [0.3, 0.4) is 0 Å². The number of para-hydroxylation sites is 1. The summed E-state index contributed by atoms with van der Waals surface area (Å²) in [6.07, 6.45) is 5.17. The van der Waals surface area contributed by atoms with Crippen LogP contribution in [0.5, 0.6) is 0 Å². The average molecular weight is 476 g/mol. The van der Waals surface area contributed by atoms with E-state index in [1.54, 1.807) is 24.2 Å². The number of nitrogens with zero attached hydrogens (tertiary/aromatic N) is 6. The molecule has 1 aliphatic heterocycles. The van der Waals surface area contributed by atoms with Gasteiger partial charge in [0.2, 0.25) is 11.6 Å². The largest absolute Gasteiger partial charge is 0.368 e. The molecule has 2 aromatic carbocycles. The summed E-state index contributed by atoms with van der Waals surface area (Å²) in [5.41, 5.74) is 1.97. The third-order valence-electron chi connectivity index (χ3n) is 5.83. The molecule has 4 aromatic rings. The first-order chi connectivity index (χ1) is 16.6. The average Bonchev–Trinajstić information content (AvgIpc) is 3.19. The summed E-state index contributed by atoms with van der Waals surface area (Å²) in [6, 6.07) is 17.9. The Bertz CT molecular complexity index is 1360. The van der Waals surface area contributed by atoms with Crippen molar-refractivity contribution in [3.63, 3.8) is 0 Å². The molecule has 1 aliphatic rings. The third kappa shape index (κ3) is 4.49. The minimum atomic E-state index is -0.366. The molecule has 0 radical (unpaired) electrons. The number of thioether (sulfide) groups is 1. The number of piperazine rings is 1. The van der Waals surface area contributed by atoms with Crippen LogP contribution in [0.2, 0.25) is 0 Å². The molecule has 2 aromatic heterocycles. The normalized spacial score (nSPS) is 13.9. The highest BCUT2D eigenvalue weighted by molar-refractivity contribution is 7.98. The number of nitrogens with one attached hydrogen (secondary N) is 1. The van der Waals surface area contributed by atoms with Crippen LogP contribution in [0, 0.1) is 0 Å². The summed E-state index contributed by atoms with van der Waals surface area (Å²) in [4.78, 5) is 35.6. The van der Waals surface area contributed by atoms with Crippen LogP contribution in [0.15, 0.2) is 76.7 Å². The highest BCUT2D eigenvalue weighted by Gasteiger charge is 2.22. The summed E-state index contributed by atoms with van der Waals surface area (Å²) in [5, 5.41) is 7.31. The summed E-state index contributed by atoms with van der Waals surface area (Å²) in [6.45, 7) is 3.03. The van der Waals surface area contributed by atoms with Crippen LogP contribution in [0.4, 0.5) is 17.2 Å². The number of benzene rings is 2. The van der Waals surface area contributed by atoms with E-state index in [2.05, 4.69) is 37.3 Å². The Morgan fingerprint density at radius 3 is 2.56 bits per heavy atom. The lowest BCUT2D eigenvalue weighted by Gasteiger charge is -2.36. The van der Waals surface area contributed by atoms with Crippen LogP contribution in [-0.4, -0.2) is 57.5 Å². The van der Waals surface area contributed by atoms with E-state index in [4.69, 9.17) is 0 Å². The van der Waals surface area contributed by atoms with Gasteiger partial charge in [-0.2, -0.15) is 0 Å². The molecule has 3 heterocycles. The fourth-order valence-corrected chi connectivity index (χ4v) is 4.57. The molecule has 0 bridgehead atoms. The maximum atomic E-state index is 12.9. The second-order valence-corrected chi connectivity index (χ2v) is 8.85. The molecule has 1 amide bonds. The summed E-state index contributed by atoms with van der Waals surface area (Å²) in [5.74, 6) is 0.342. The Kier molecular flexibility index (Phi) is 6.22. The number of rotatable bonds is 6. The fraction of sp³-hybridized carbons (Fsp3) is 0.250. The number of fused-ring (bicyclic) bond motifs is 1. The fourth-order valence-electron chi connectivity index (χ4n) is 4.11. The summed E-state index contributed by atoms with van der Waals surface area (Å²) >= 11 is 1.60. The molecule has 0 atom stereocenters. The molecule has 0 spiro atoms. The molecular formula is C24H25N7O2S. The van der Waals surface area contributed by atoms with Gasteiger partial charge in [0.05, 0.1) is 0 Å². The highest BCUT2D eigenvalue weighted by Crippen LogP contribution is 2.21. The molecule has 1 fully saturated rings. The molecule has 10 heteroatoms. The molecule has 0 unspecified atom stereocenters. The lowest BCUT2D eigenvalue weighted by molar-refractivity contribution is -0.117. The molecule has 1 saturated heterocycles. The third-order valence-corrected chi connectivity index (χ3v) is 6.56. The lowest BCUT2D eigenvalue weighted by Crippen LogP contribution is -2.47. The van der Waals surface area contributed by atoms with Crippen molar-refractivity contribution in [1.82, 2.24) is 19.2 Å². The molecule has 174 valence electrons. The first kappa shape index (κ1) is 22.0. The van der Waals surface area contributed by atoms with Crippen molar-refractivity contribution in [2.45, 2.75) is 11.4 Å². The van der Waals surface area contributed by atoms with Gasteiger partial charge in [-0.25, -0.2) is 18.9 Å². The maximum Gasteiger partial charge on any atom is 0.350 e. The zero-order valence-electron chi connectivity index (χ0n) is 18.8. The van der Waals surface area contributed by atoms with Gasteiger partial charge in [-0.1, -0.05) is 24.3 Å². The number of hydrogen-bond acceptors (Lipinski definition) is 7. The van der Waals surface area contributed by atoms with Crippen LogP contribution in [0.25, 0.3) is 5.65 Å². The number of amides is 1. The van der Waals surface area contributed by atoms with Gasteiger partial charge in [-0.3, -0.25) is 4.79 Å². The smallest absolute Gasteiger partial charge is 0.350 e. The molecular weight excluding hydrogens is 450 g/mol. The number of aromatic nitrogens is 4. The second-order valence-electron chi connectivity index (χ2n) is 7.97. The number of carbonyl (C=O) groups is 1. The Morgan fingerprint density at radius 2 is 1.79 bits per heavy atom. The van der Waals surface area contributed by atoms with Gasteiger partial charge in [-0.05, 0) is 36.6 Å². The van der Waals surface area contributed by atoms with Crippen molar-refractivity contribution in [3.8, 4) is 0 Å². The maximum absolute atomic E-state index is 12.9. The predicted octanol–water partition coefficient (Wildman–Crippen LogP) is 2.58. The van der Waals surface area contributed by atoms with Crippen molar-refractivity contribution in [3.05, 3.63) is 77.5 Å². The molecule has 5 rings (SSSR count). The van der Waals surface area contributed by atoms with Crippen LogP contribution >= 0.6 is 11.8 Å².